The van der Waals surface area contributed by atoms with Crippen LogP contribution in [0.4, 0.5) is 0 Å². The van der Waals surface area contributed by atoms with Gasteiger partial charge in [0.2, 0.25) is 0 Å². The van der Waals surface area contributed by atoms with Gasteiger partial charge in [0.25, 0.3) is 0 Å². The first-order valence-corrected chi connectivity index (χ1v) is 7.44. The third-order valence-corrected chi connectivity index (χ3v) is 4.30. The first kappa shape index (κ1) is 15.9. The van der Waals surface area contributed by atoms with Gasteiger partial charge in [0.05, 0.1) is 14.2 Å². The second kappa shape index (κ2) is 6.50. The summed E-state index contributed by atoms with van der Waals surface area (Å²) in [6.45, 7) is 3.93. The Hall–Kier alpha value is -1.52. The average molecular weight is 351 g/mol. The summed E-state index contributed by atoms with van der Waals surface area (Å²) in [4.78, 5) is 0. The van der Waals surface area contributed by atoms with Crippen molar-refractivity contribution in [2.75, 3.05) is 14.2 Å². The highest BCUT2D eigenvalue weighted by Crippen LogP contribution is 2.35. The third kappa shape index (κ3) is 3.22. The summed E-state index contributed by atoms with van der Waals surface area (Å²) in [5.41, 5.74) is 3.63. The van der Waals surface area contributed by atoms with Gasteiger partial charge < -0.3 is 14.6 Å². The van der Waals surface area contributed by atoms with E-state index in [0.717, 1.165) is 38.2 Å². The molecule has 0 bridgehead atoms. The number of hydrogen-bond donors (Lipinski definition) is 1. The van der Waals surface area contributed by atoms with Crippen molar-refractivity contribution in [3.63, 3.8) is 0 Å². The number of rotatable bonds is 4. The van der Waals surface area contributed by atoms with Crippen LogP contribution in [0.5, 0.6) is 11.5 Å². The largest absolute Gasteiger partial charge is 0.497 e. The first-order valence-electron chi connectivity index (χ1n) is 6.64. The number of hydrogen-bond acceptors (Lipinski definition) is 3. The Balaban J connectivity index is 2.49. The maximum Gasteiger partial charge on any atom is 0.122 e. The molecule has 2 aromatic rings. The lowest BCUT2D eigenvalue weighted by molar-refractivity contribution is 0.218. The summed E-state index contributed by atoms with van der Waals surface area (Å²) < 4.78 is 11.4. The Morgan fingerprint density at radius 2 is 1.67 bits per heavy atom. The molecule has 0 fully saturated rings. The van der Waals surface area contributed by atoms with Crippen molar-refractivity contribution in [2.45, 2.75) is 20.0 Å². The maximum atomic E-state index is 10.7. The molecule has 0 aliphatic heterocycles. The second-order valence-corrected chi connectivity index (χ2v) is 5.82. The van der Waals surface area contributed by atoms with Crippen molar-refractivity contribution in [3.05, 3.63) is 57.1 Å². The van der Waals surface area contributed by atoms with E-state index in [4.69, 9.17) is 9.47 Å². The van der Waals surface area contributed by atoms with Gasteiger partial charge in [-0.2, -0.15) is 0 Å². The van der Waals surface area contributed by atoms with E-state index >= 15 is 0 Å². The summed E-state index contributed by atoms with van der Waals surface area (Å²) in [6, 6.07) is 9.48. The minimum absolute atomic E-state index is 0.718. The molecule has 0 radical (unpaired) electrons. The van der Waals surface area contributed by atoms with Crippen LogP contribution in [0.3, 0.4) is 0 Å². The molecule has 0 amide bonds. The van der Waals surface area contributed by atoms with E-state index in [-0.39, 0.29) is 0 Å². The Bertz CT molecular complexity index is 653. The van der Waals surface area contributed by atoms with Gasteiger partial charge in [-0.15, -0.1) is 0 Å². The molecule has 0 saturated carbocycles. The molecule has 112 valence electrons. The van der Waals surface area contributed by atoms with Gasteiger partial charge in [0.15, 0.2) is 0 Å². The summed E-state index contributed by atoms with van der Waals surface area (Å²) in [5.74, 6) is 1.54. The zero-order valence-corrected chi connectivity index (χ0v) is 14.2. The van der Waals surface area contributed by atoms with Gasteiger partial charge in [-0.05, 0) is 60.9 Å². The number of aliphatic hydroxyl groups is 1. The molecule has 0 saturated heterocycles. The van der Waals surface area contributed by atoms with Crippen LogP contribution in [-0.4, -0.2) is 19.3 Å². The molecule has 2 aromatic carbocycles. The van der Waals surface area contributed by atoms with Crippen molar-refractivity contribution < 1.29 is 14.6 Å². The van der Waals surface area contributed by atoms with Crippen LogP contribution < -0.4 is 9.47 Å². The van der Waals surface area contributed by atoms with E-state index in [1.807, 2.05) is 44.2 Å². The molecular formula is C17H19BrO3. The SMILES string of the molecule is COc1ccc(Br)c(C(O)c2cc(C)c(OC)cc2C)c1. The highest BCUT2D eigenvalue weighted by Gasteiger charge is 2.18. The average Bonchev–Trinajstić information content (AvgIpc) is 2.49. The van der Waals surface area contributed by atoms with E-state index in [1.165, 1.54) is 0 Å². The Morgan fingerprint density at radius 1 is 0.952 bits per heavy atom. The zero-order chi connectivity index (χ0) is 15.6. The van der Waals surface area contributed by atoms with Gasteiger partial charge >= 0.3 is 0 Å². The van der Waals surface area contributed by atoms with Crippen LogP contribution in [0.15, 0.2) is 34.8 Å². The molecule has 1 N–H and O–H groups in total. The Kier molecular flexibility index (Phi) is 4.91. The number of methoxy groups -OCH3 is 2. The first-order chi connectivity index (χ1) is 9.97. The number of benzene rings is 2. The second-order valence-electron chi connectivity index (χ2n) is 4.97. The standard InChI is InChI=1S/C17H19BrO3/c1-10-8-16(21-4)11(2)7-13(10)17(19)14-9-12(20-3)5-6-15(14)18/h5-9,17,19H,1-4H3. The number of ether oxygens (including phenoxy) is 2. The molecule has 0 spiro atoms. The predicted molar refractivity (Wildman–Crippen MR) is 87.2 cm³/mol. The Morgan fingerprint density at radius 3 is 2.29 bits per heavy atom. The summed E-state index contributed by atoms with van der Waals surface area (Å²) in [5, 5.41) is 10.7. The fourth-order valence-electron chi connectivity index (χ4n) is 2.35. The maximum absolute atomic E-state index is 10.7. The Labute approximate surface area is 133 Å². The van der Waals surface area contributed by atoms with Crippen molar-refractivity contribution in [1.82, 2.24) is 0 Å². The highest BCUT2D eigenvalue weighted by atomic mass is 79.9. The van der Waals surface area contributed by atoms with E-state index < -0.39 is 6.10 Å². The number of aryl methyl sites for hydroxylation is 2. The lowest BCUT2D eigenvalue weighted by atomic mass is 9.95. The van der Waals surface area contributed by atoms with E-state index in [0.29, 0.717) is 0 Å². The minimum atomic E-state index is -0.723. The van der Waals surface area contributed by atoms with Crippen LogP contribution in [0.25, 0.3) is 0 Å². The topological polar surface area (TPSA) is 38.7 Å². The molecule has 0 aliphatic carbocycles. The molecule has 1 atom stereocenters. The van der Waals surface area contributed by atoms with Crippen molar-refractivity contribution >= 4 is 15.9 Å². The number of halogens is 1. The summed E-state index contributed by atoms with van der Waals surface area (Å²) >= 11 is 3.49. The minimum Gasteiger partial charge on any atom is -0.497 e. The monoisotopic (exact) mass is 350 g/mol. The smallest absolute Gasteiger partial charge is 0.122 e. The molecule has 0 aromatic heterocycles. The van der Waals surface area contributed by atoms with Gasteiger partial charge in [0.1, 0.15) is 17.6 Å². The van der Waals surface area contributed by atoms with Crippen molar-refractivity contribution in [1.29, 1.82) is 0 Å². The van der Waals surface area contributed by atoms with Crippen LogP contribution in [0, 0.1) is 13.8 Å². The molecule has 0 heterocycles. The third-order valence-electron chi connectivity index (χ3n) is 3.58. The molecule has 21 heavy (non-hydrogen) atoms. The van der Waals surface area contributed by atoms with Gasteiger partial charge in [-0.1, -0.05) is 15.9 Å². The quantitative estimate of drug-likeness (QED) is 0.899. The van der Waals surface area contributed by atoms with Gasteiger partial charge in [-0.3, -0.25) is 0 Å². The fraction of sp³-hybridized carbons (Fsp3) is 0.294. The predicted octanol–water partition coefficient (Wildman–Crippen LogP) is 4.16. The molecule has 2 rings (SSSR count). The molecule has 3 nitrogen and oxygen atoms in total. The summed E-state index contributed by atoms with van der Waals surface area (Å²) in [7, 11) is 3.26. The van der Waals surface area contributed by atoms with E-state index in [2.05, 4.69) is 15.9 Å². The van der Waals surface area contributed by atoms with Crippen molar-refractivity contribution in [3.8, 4) is 11.5 Å². The normalized spacial score (nSPS) is 12.1. The van der Waals surface area contributed by atoms with Gasteiger partial charge in [0, 0.05) is 10.0 Å². The van der Waals surface area contributed by atoms with Crippen LogP contribution in [-0.2, 0) is 0 Å². The summed E-state index contributed by atoms with van der Waals surface area (Å²) in [6.07, 6.45) is -0.723. The van der Waals surface area contributed by atoms with E-state index in [1.54, 1.807) is 14.2 Å². The van der Waals surface area contributed by atoms with E-state index in [9.17, 15) is 5.11 Å². The van der Waals surface area contributed by atoms with Crippen LogP contribution in [0.2, 0.25) is 0 Å². The zero-order valence-electron chi connectivity index (χ0n) is 12.6. The van der Waals surface area contributed by atoms with Crippen LogP contribution in [0.1, 0.15) is 28.4 Å². The lowest BCUT2D eigenvalue weighted by Gasteiger charge is -2.18. The van der Waals surface area contributed by atoms with Crippen molar-refractivity contribution in [2.24, 2.45) is 0 Å². The number of aliphatic hydroxyl groups excluding tert-OH is 1. The lowest BCUT2D eigenvalue weighted by Crippen LogP contribution is -2.05. The molecular weight excluding hydrogens is 332 g/mol. The fourth-order valence-corrected chi connectivity index (χ4v) is 2.82. The highest BCUT2D eigenvalue weighted by molar-refractivity contribution is 9.10. The molecule has 0 aliphatic rings. The van der Waals surface area contributed by atoms with Gasteiger partial charge in [-0.25, -0.2) is 0 Å². The molecule has 4 heteroatoms. The molecule has 1 unspecified atom stereocenters. The van der Waals surface area contributed by atoms with Crippen LogP contribution >= 0.6 is 15.9 Å².